The topological polar surface area (TPSA) is 54.9 Å². The smallest absolute Gasteiger partial charge is 0.258 e. The molecule has 4 nitrogen and oxygen atoms in total. The Labute approximate surface area is 217 Å². The lowest BCUT2D eigenvalue weighted by atomic mass is 10.0. The lowest BCUT2D eigenvalue weighted by molar-refractivity contribution is 0.102. The summed E-state index contributed by atoms with van der Waals surface area (Å²) < 4.78 is 0. The van der Waals surface area contributed by atoms with Gasteiger partial charge in [-0.25, -0.2) is 9.97 Å². The number of nitrogens with one attached hydrogen (secondary N) is 1. The number of fused-ring (bicyclic) bond motifs is 1. The highest BCUT2D eigenvalue weighted by atomic mass is 35.5. The van der Waals surface area contributed by atoms with Crippen molar-refractivity contribution >= 4 is 56.5 Å². The van der Waals surface area contributed by atoms with Gasteiger partial charge in [0.15, 0.2) is 5.13 Å². The molecular formula is C28H21Cl2N3OS. The van der Waals surface area contributed by atoms with Gasteiger partial charge in [-0.3, -0.25) is 10.1 Å². The molecule has 0 atom stereocenters. The number of benzene rings is 3. The van der Waals surface area contributed by atoms with Gasteiger partial charge in [0, 0.05) is 26.9 Å². The van der Waals surface area contributed by atoms with Crippen molar-refractivity contribution in [3.05, 3.63) is 99.3 Å². The van der Waals surface area contributed by atoms with E-state index in [2.05, 4.69) is 48.4 Å². The minimum absolute atomic E-state index is 0.258. The molecular weight excluding hydrogens is 497 g/mol. The maximum atomic E-state index is 13.4. The molecule has 0 radical (unpaired) electrons. The van der Waals surface area contributed by atoms with E-state index < -0.39 is 0 Å². The average Bonchev–Trinajstić information content (AvgIpc) is 3.31. The summed E-state index contributed by atoms with van der Waals surface area (Å²) in [6, 6.07) is 22.9. The maximum absolute atomic E-state index is 13.4. The third kappa shape index (κ3) is 4.94. The van der Waals surface area contributed by atoms with Crippen molar-refractivity contribution in [3.63, 3.8) is 0 Å². The molecule has 5 aromatic rings. The highest BCUT2D eigenvalue weighted by Crippen LogP contribution is 2.33. The molecule has 0 aliphatic rings. The Kier molecular flexibility index (Phi) is 6.56. The Hall–Kier alpha value is -3.25. The van der Waals surface area contributed by atoms with Crippen LogP contribution in [0.4, 0.5) is 5.13 Å². The quantitative estimate of drug-likeness (QED) is 0.253. The van der Waals surface area contributed by atoms with Crippen molar-refractivity contribution in [2.24, 2.45) is 0 Å². The molecule has 35 heavy (non-hydrogen) atoms. The fraction of sp³-hybridized carbons (Fsp3) is 0.107. The molecule has 2 heterocycles. The molecule has 1 amide bonds. The SMILES string of the molecule is CC(C)c1ccc(-c2csc(NC(=O)c3cc(-c4ccc(Cl)cc4Cl)nc4ccccc34)n2)cc1. The van der Waals surface area contributed by atoms with Crippen LogP contribution in [0.3, 0.4) is 0 Å². The van der Waals surface area contributed by atoms with Crippen LogP contribution >= 0.6 is 34.5 Å². The van der Waals surface area contributed by atoms with E-state index >= 15 is 0 Å². The number of para-hydroxylation sites is 1. The Morgan fingerprint density at radius 1 is 0.914 bits per heavy atom. The molecule has 1 N–H and O–H groups in total. The third-order valence-corrected chi connectivity index (χ3v) is 7.07. The van der Waals surface area contributed by atoms with E-state index in [1.807, 2.05) is 29.6 Å². The second-order valence-corrected chi connectivity index (χ2v) is 10.2. The predicted molar refractivity (Wildman–Crippen MR) is 147 cm³/mol. The number of nitrogens with zero attached hydrogens (tertiary/aromatic N) is 2. The van der Waals surface area contributed by atoms with Gasteiger partial charge >= 0.3 is 0 Å². The summed E-state index contributed by atoms with van der Waals surface area (Å²) in [5.41, 5.74) is 5.62. The van der Waals surface area contributed by atoms with Crippen molar-refractivity contribution in [2.45, 2.75) is 19.8 Å². The molecule has 2 aromatic heterocycles. The van der Waals surface area contributed by atoms with Crippen molar-refractivity contribution in [1.29, 1.82) is 0 Å². The van der Waals surface area contributed by atoms with Gasteiger partial charge < -0.3 is 0 Å². The van der Waals surface area contributed by atoms with Crippen LogP contribution in [-0.4, -0.2) is 15.9 Å². The zero-order chi connectivity index (χ0) is 24.5. The van der Waals surface area contributed by atoms with Gasteiger partial charge in [0.1, 0.15) is 0 Å². The van der Waals surface area contributed by atoms with Crippen LogP contribution in [0.15, 0.2) is 78.2 Å². The van der Waals surface area contributed by atoms with E-state index in [1.54, 1.807) is 24.3 Å². The van der Waals surface area contributed by atoms with Crippen molar-refractivity contribution in [1.82, 2.24) is 9.97 Å². The Bertz CT molecular complexity index is 1540. The van der Waals surface area contributed by atoms with Crippen LogP contribution in [0.5, 0.6) is 0 Å². The first-order valence-electron chi connectivity index (χ1n) is 11.1. The summed E-state index contributed by atoms with van der Waals surface area (Å²) in [6.07, 6.45) is 0. The third-order valence-electron chi connectivity index (χ3n) is 5.77. The fourth-order valence-corrected chi connectivity index (χ4v) is 5.09. The van der Waals surface area contributed by atoms with Gasteiger partial charge in [-0.2, -0.15) is 0 Å². The first-order chi connectivity index (χ1) is 16.9. The van der Waals surface area contributed by atoms with E-state index in [0.29, 0.717) is 43.4 Å². The first kappa shape index (κ1) is 23.5. The van der Waals surface area contributed by atoms with E-state index in [9.17, 15) is 4.79 Å². The minimum Gasteiger partial charge on any atom is -0.298 e. The van der Waals surface area contributed by atoms with Gasteiger partial charge in [0.05, 0.1) is 27.5 Å². The number of amides is 1. The Balaban J connectivity index is 1.47. The zero-order valence-corrected chi connectivity index (χ0v) is 21.4. The molecule has 3 aromatic carbocycles. The molecule has 0 saturated carbocycles. The zero-order valence-electron chi connectivity index (χ0n) is 19.0. The monoisotopic (exact) mass is 517 g/mol. The summed E-state index contributed by atoms with van der Waals surface area (Å²) in [4.78, 5) is 22.8. The number of carbonyl (C=O) groups excluding carboxylic acids is 1. The van der Waals surface area contributed by atoms with Crippen molar-refractivity contribution in [3.8, 4) is 22.5 Å². The van der Waals surface area contributed by atoms with Crippen LogP contribution < -0.4 is 5.32 Å². The van der Waals surface area contributed by atoms with E-state index in [0.717, 1.165) is 16.6 Å². The van der Waals surface area contributed by atoms with Gasteiger partial charge in [0.2, 0.25) is 0 Å². The van der Waals surface area contributed by atoms with Crippen LogP contribution in [0.1, 0.15) is 35.7 Å². The molecule has 0 bridgehead atoms. The van der Waals surface area contributed by atoms with E-state index in [1.165, 1.54) is 16.9 Å². The molecule has 174 valence electrons. The number of pyridine rings is 1. The van der Waals surface area contributed by atoms with Gasteiger partial charge in [-0.15, -0.1) is 11.3 Å². The molecule has 0 fully saturated rings. The lowest BCUT2D eigenvalue weighted by Gasteiger charge is -2.11. The molecule has 0 saturated heterocycles. The van der Waals surface area contributed by atoms with E-state index in [4.69, 9.17) is 28.2 Å². The number of anilines is 1. The van der Waals surface area contributed by atoms with Crippen molar-refractivity contribution in [2.75, 3.05) is 5.32 Å². The number of hydrogen-bond donors (Lipinski definition) is 1. The summed E-state index contributed by atoms with van der Waals surface area (Å²) in [5.74, 6) is 0.211. The second kappa shape index (κ2) is 9.78. The molecule has 0 unspecified atom stereocenters. The molecule has 0 aliphatic carbocycles. The molecule has 7 heteroatoms. The summed E-state index contributed by atoms with van der Waals surface area (Å²) in [7, 11) is 0. The second-order valence-electron chi connectivity index (χ2n) is 8.47. The fourth-order valence-electron chi connectivity index (χ4n) is 3.87. The highest BCUT2D eigenvalue weighted by Gasteiger charge is 2.17. The number of hydrogen-bond acceptors (Lipinski definition) is 4. The number of carbonyl (C=O) groups is 1. The van der Waals surface area contributed by atoms with Gasteiger partial charge in [-0.05, 0) is 41.8 Å². The highest BCUT2D eigenvalue weighted by molar-refractivity contribution is 7.14. The van der Waals surface area contributed by atoms with E-state index in [-0.39, 0.29) is 5.91 Å². The van der Waals surface area contributed by atoms with Crippen molar-refractivity contribution < 1.29 is 4.79 Å². The molecule has 5 rings (SSSR count). The largest absolute Gasteiger partial charge is 0.298 e. The molecule has 0 spiro atoms. The number of rotatable bonds is 5. The number of halogens is 2. The average molecular weight is 518 g/mol. The van der Waals surface area contributed by atoms with Gasteiger partial charge in [0.25, 0.3) is 5.91 Å². The summed E-state index contributed by atoms with van der Waals surface area (Å²) in [5, 5.41) is 7.20. The van der Waals surface area contributed by atoms with Crippen LogP contribution in [0.2, 0.25) is 10.0 Å². The molecule has 0 aliphatic heterocycles. The predicted octanol–water partition coefficient (Wildman–Crippen LogP) is 8.71. The summed E-state index contributed by atoms with van der Waals surface area (Å²) >= 11 is 13.9. The maximum Gasteiger partial charge on any atom is 0.258 e. The standard InChI is InChI=1S/C28H21Cl2N3OS/c1-16(2)17-7-9-18(10-8-17)26-15-35-28(32-26)33-27(34)22-14-25(21-12-11-19(29)13-23(21)30)31-24-6-4-3-5-20(22)24/h3-16H,1-2H3,(H,32,33,34). The van der Waals surface area contributed by atoms with Crippen LogP contribution in [0.25, 0.3) is 33.4 Å². The first-order valence-corrected chi connectivity index (χ1v) is 12.7. The van der Waals surface area contributed by atoms with Crippen LogP contribution in [-0.2, 0) is 0 Å². The summed E-state index contributed by atoms with van der Waals surface area (Å²) in [6.45, 7) is 4.33. The van der Waals surface area contributed by atoms with Crippen LogP contribution in [0, 0.1) is 0 Å². The normalized spacial score (nSPS) is 11.2. The lowest BCUT2D eigenvalue weighted by Crippen LogP contribution is -2.13. The Morgan fingerprint density at radius 2 is 1.69 bits per heavy atom. The Morgan fingerprint density at radius 3 is 2.43 bits per heavy atom. The minimum atomic E-state index is -0.258. The van der Waals surface area contributed by atoms with Gasteiger partial charge in [-0.1, -0.05) is 79.5 Å². The number of thiazole rings is 1. The number of aromatic nitrogens is 2.